The highest BCUT2D eigenvalue weighted by Gasteiger charge is 2.17. The van der Waals surface area contributed by atoms with Gasteiger partial charge in [-0.25, -0.2) is 0 Å². The molecule has 2 aromatic carbocycles. The van der Waals surface area contributed by atoms with Crippen LogP contribution in [0.2, 0.25) is 0 Å². The van der Waals surface area contributed by atoms with E-state index in [-0.39, 0.29) is 18.5 Å². The van der Waals surface area contributed by atoms with Crippen LogP contribution in [0.3, 0.4) is 0 Å². The Morgan fingerprint density at radius 3 is 2.69 bits per heavy atom. The van der Waals surface area contributed by atoms with E-state index in [0.29, 0.717) is 47.5 Å². The van der Waals surface area contributed by atoms with Crippen LogP contribution in [0.15, 0.2) is 53.2 Å². The first kappa shape index (κ1) is 24.9. The van der Waals surface area contributed by atoms with Gasteiger partial charge in [0.2, 0.25) is 5.82 Å². The van der Waals surface area contributed by atoms with E-state index in [1.807, 2.05) is 52.0 Å². The van der Waals surface area contributed by atoms with Crippen molar-refractivity contribution in [3.05, 3.63) is 59.9 Å². The molecule has 0 radical (unpaired) electrons. The van der Waals surface area contributed by atoms with Crippen LogP contribution in [0.4, 0.5) is 0 Å². The van der Waals surface area contributed by atoms with Gasteiger partial charge in [-0.05, 0) is 49.4 Å². The van der Waals surface area contributed by atoms with E-state index in [1.54, 1.807) is 24.4 Å². The van der Waals surface area contributed by atoms with Crippen molar-refractivity contribution < 1.29 is 18.8 Å². The SMILES string of the molecule is CC(C)COC(=O)CCc1nccc2c(-c3noc(-c4ccc(OC(C)C)c(C#N)c4)n3)cccc12. The molecule has 0 fully saturated rings. The second kappa shape index (κ2) is 11.0. The van der Waals surface area contributed by atoms with Crippen LogP contribution in [0.25, 0.3) is 33.6 Å². The Morgan fingerprint density at radius 1 is 1.11 bits per heavy atom. The highest BCUT2D eigenvalue weighted by molar-refractivity contribution is 5.96. The van der Waals surface area contributed by atoms with E-state index < -0.39 is 0 Å². The summed E-state index contributed by atoms with van der Waals surface area (Å²) in [5.41, 5.74) is 2.62. The molecule has 0 N–H and O–H groups in total. The van der Waals surface area contributed by atoms with Gasteiger partial charge in [0.15, 0.2) is 0 Å². The van der Waals surface area contributed by atoms with E-state index in [4.69, 9.17) is 14.0 Å². The van der Waals surface area contributed by atoms with Gasteiger partial charge in [0.05, 0.1) is 24.7 Å². The van der Waals surface area contributed by atoms with E-state index >= 15 is 0 Å². The molecule has 0 aliphatic carbocycles. The molecule has 0 spiro atoms. The Kier molecular flexibility index (Phi) is 7.59. The van der Waals surface area contributed by atoms with Crippen molar-refractivity contribution in [2.75, 3.05) is 6.61 Å². The van der Waals surface area contributed by atoms with Gasteiger partial charge in [-0.3, -0.25) is 9.78 Å². The molecule has 0 bridgehead atoms. The average molecular weight is 485 g/mol. The van der Waals surface area contributed by atoms with Crippen LogP contribution in [0.1, 0.15) is 45.4 Å². The standard InChI is InChI=1S/C28H28N4O4/c1-17(2)16-34-26(33)11-9-24-22-6-5-7-23(21(22)12-13-30-24)27-31-28(36-32-27)19-8-10-25(35-18(3)4)20(14-19)15-29/h5-8,10,12-14,17-18H,9,11,16H2,1-4H3. The van der Waals surface area contributed by atoms with Crippen LogP contribution in [-0.4, -0.2) is 33.8 Å². The van der Waals surface area contributed by atoms with E-state index in [0.717, 1.165) is 22.0 Å². The molecule has 36 heavy (non-hydrogen) atoms. The first-order valence-corrected chi connectivity index (χ1v) is 11.9. The first-order valence-electron chi connectivity index (χ1n) is 11.9. The maximum Gasteiger partial charge on any atom is 0.306 e. The summed E-state index contributed by atoms with van der Waals surface area (Å²) in [6.45, 7) is 8.23. The van der Waals surface area contributed by atoms with Gasteiger partial charge in [-0.1, -0.05) is 37.2 Å². The van der Waals surface area contributed by atoms with E-state index in [2.05, 4.69) is 21.2 Å². The number of hydrogen-bond acceptors (Lipinski definition) is 8. The zero-order valence-electron chi connectivity index (χ0n) is 20.8. The minimum atomic E-state index is -0.233. The minimum absolute atomic E-state index is 0.0469. The summed E-state index contributed by atoms with van der Waals surface area (Å²) in [5, 5.41) is 15.5. The molecule has 0 aliphatic rings. The lowest BCUT2D eigenvalue weighted by atomic mass is 10.0. The number of pyridine rings is 1. The fraction of sp³-hybridized carbons (Fsp3) is 0.321. The van der Waals surface area contributed by atoms with Crippen molar-refractivity contribution in [1.82, 2.24) is 15.1 Å². The van der Waals surface area contributed by atoms with Crippen LogP contribution in [-0.2, 0) is 16.0 Å². The second-order valence-corrected chi connectivity index (χ2v) is 9.15. The largest absolute Gasteiger partial charge is 0.490 e. The Hall–Kier alpha value is -4.25. The number of aromatic nitrogens is 3. The number of carbonyl (C=O) groups excluding carboxylic acids is 1. The van der Waals surface area contributed by atoms with E-state index in [1.165, 1.54) is 0 Å². The topological polar surface area (TPSA) is 111 Å². The molecule has 0 amide bonds. The highest BCUT2D eigenvalue weighted by Crippen LogP contribution is 2.31. The summed E-state index contributed by atoms with van der Waals surface area (Å²) < 4.78 is 16.5. The number of hydrogen-bond donors (Lipinski definition) is 0. The number of ether oxygens (including phenoxy) is 2. The Balaban J connectivity index is 1.60. The van der Waals surface area contributed by atoms with Gasteiger partial charge in [0.25, 0.3) is 5.89 Å². The molecule has 0 aliphatic heterocycles. The lowest BCUT2D eigenvalue weighted by molar-refractivity contribution is -0.144. The summed E-state index contributed by atoms with van der Waals surface area (Å²) in [4.78, 5) is 21.2. The van der Waals surface area contributed by atoms with Crippen molar-refractivity contribution in [2.45, 2.75) is 46.6 Å². The number of fused-ring (bicyclic) bond motifs is 1. The van der Waals surface area contributed by atoms with Crippen LogP contribution >= 0.6 is 0 Å². The normalized spacial score (nSPS) is 11.1. The van der Waals surface area contributed by atoms with Crippen molar-refractivity contribution in [1.29, 1.82) is 5.26 Å². The van der Waals surface area contributed by atoms with Gasteiger partial charge < -0.3 is 14.0 Å². The molecule has 2 heterocycles. The number of esters is 1. The number of nitriles is 1. The number of nitrogens with zero attached hydrogens (tertiary/aromatic N) is 4. The molecule has 4 aromatic rings. The van der Waals surface area contributed by atoms with Crippen LogP contribution < -0.4 is 4.74 Å². The summed E-state index contributed by atoms with van der Waals surface area (Å²) in [6, 6.07) is 15.0. The van der Waals surface area contributed by atoms with Gasteiger partial charge >= 0.3 is 5.97 Å². The Labute approximate surface area is 209 Å². The van der Waals surface area contributed by atoms with Crippen molar-refractivity contribution in [2.24, 2.45) is 5.92 Å². The van der Waals surface area contributed by atoms with Crippen molar-refractivity contribution >= 4 is 16.7 Å². The smallest absolute Gasteiger partial charge is 0.306 e. The van der Waals surface area contributed by atoms with Gasteiger partial charge in [0, 0.05) is 34.8 Å². The predicted octanol–water partition coefficient (Wildman–Crippen LogP) is 5.74. The molecular formula is C28H28N4O4. The lowest BCUT2D eigenvalue weighted by Gasteiger charge is -2.11. The number of carbonyl (C=O) groups is 1. The fourth-order valence-electron chi connectivity index (χ4n) is 3.77. The van der Waals surface area contributed by atoms with E-state index in [9.17, 15) is 10.1 Å². The third-order valence-electron chi connectivity index (χ3n) is 5.41. The molecule has 8 nitrogen and oxygen atoms in total. The Bertz CT molecular complexity index is 1420. The van der Waals surface area contributed by atoms with Gasteiger partial charge in [-0.15, -0.1) is 0 Å². The molecule has 2 aromatic heterocycles. The highest BCUT2D eigenvalue weighted by atomic mass is 16.5. The molecular weight excluding hydrogens is 456 g/mol. The molecule has 4 rings (SSSR count). The van der Waals surface area contributed by atoms with Crippen molar-refractivity contribution in [3.63, 3.8) is 0 Å². The molecule has 0 unspecified atom stereocenters. The zero-order valence-corrected chi connectivity index (χ0v) is 20.8. The van der Waals surface area contributed by atoms with Crippen LogP contribution in [0, 0.1) is 17.2 Å². The second-order valence-electron chi connectivity index (χ2n) is 9.15. The molecule has 184 valence electrons. The predicted molar refractivity (Wildman–Crippen MR) is 135 cm³/mol. The summed E-state index contributed by atoms with van der Waals surface area (Å²) in [6.07, 6.45) is 2.40. The number of benzene rings is 2. The summed E-state index contributed by atoms with van der Waals surface area (Å²) in [5.74, 6) is 1.30. The average Bonchev–Trinajstić information content (AvgIpc) is 3.36. The molecule has 0 saturated heterocycles. The third kappa shape index (κ3) is 5.69. The van der Waals surface area contributed by atoms with Crippen molar-refractivity contribution in [3.8, 4) is 34.7 Å². The third-order valence-corrected chi connectivity index (χ3v) is 5.41. The summed E-state index contributed by atoms with van der Waals surface area (Å²) >= 11 is 0. The molecule has 8 heteroatoms. The first-order chi connectivity index (χ1) is 17.4. The lowest BCUT2D eigenvalue weighted by Crippen LogP contribution is -2.11. The van der Waals surface area contributed by atoms with Gasteiger partial charge in [-0.2, -0.15) is 10.2 Å². The maximum atomic E-state index is 12.1. The quantitative estimate of drug-likeness (QED) is 0.276. The minimum Gasteiger partial charge on any atom is -0.490 e. The number of aryl methyl sites for hydroxylation is 1. The van der Waals surface area contributed by atoms with Gasteiger partial charge in [0.1, 0.15) is 11.8 Å². The van der Waals surface area contributed by atoms with Crippen LogP contribution in [0.5, 0.6) is 5.75 Å². The monoisotopic (exact) mass is 484 g/mol. The zero-order chi connectivity index (χ0) is 25.7. The Morgan fingerprint density at radius 2 is 1.94 bits per heavy atom. The molecule has 0 saturated carbocycles. The number of rotatable bonds is 9. The molecule has 0 atom stereocenters. The fourth-order valence-corrected chi connectivity index (χ4v) is 3.77. The maximum absolute atomic E-state index is 12.1. The summed E-state index contributed by atoms with van der Waals surface area (Å²) in [7, 11) is 0.